The highest BCUT2D eigenvalue weighted by Crippen LogP contribution is 2.29. The molecule has 4 aromatic rings. The summed E-state index contributed by atoms with van der Waals surface area (Å²) in [6.45, 7) is 12.1. The van der Waals surface area contributed by atoms with Crippen molar-refractivity contribution in [3.8, 4) is 28.6 Å². The number of benzene rings is 3. The van der Waals surface area contributed by atoms with E-state index in [4.69, 9.17) is 19.2 Å². The smallest absolute Gasteiger partial charge is 0.141 e. The molecule has 39 heavy (non-hydrogen) atoms. The Balaban J connectivity index is 1.43. The van der Waals surface area contributed by atoms with E-state index in [-0.39, 0.29) is 0 Å². The van der Waals surface area contributed by atoms with Crippen LogP contribution in [0.2, 0.25) is 0 Å². The second-order valence-corrected chi connectivity index (χ2v) is 9.79. The summed E-state index contributed by atoms with van der Waals surface area (Å²) in [4.78, 5) is 7.44. The molecule has 0 aliphatic rings. The largest absolute Gasteiger partial charge is 0.497 e. The number of hydrogen-bond donors (Lipinski definition) is 0. The van der Waals surface area contributed by atoms with Crippen molar-refractivity contribution in [2.24, 2.45) is 0 Å². The lowest BCUT2D eigenvalue weighted by Gasteiger charge is -2.17. The molecule has 0 fully saturated rings. The van der Waals surface area contributed by atoms with Gasteiger partial charge in [-0.2, -0.15) is 0 Å². The fraction of sp³-hybridized carbons (Fsp3) is 0.424. The lowest BCUT2D eigenvalue weighted by molar-refractivity contribution is 0.249. The molecule has 0 unspecified atom stereocenters. The molecule has 1 heterocycles. The number of unbranched alkanes of at least 4 members (excludes halogenated alkanes) is 1. The molecule has 0 N–H and O–H groups in total. The highest BCUT2D eigenvalue weighted by molar-refractivity contribution is 5.82. The second-order valence-electron chi connectivity index (χ2n) is 9.79. The van der Waals surface area contributed by atoms with Gasteiger partial charge < -0.3 is 23.7 Å². The lowest BCUT2D eigenvalue weighted by atomic mass is 10.1. The van der Waals surface area contributed by atoms with Crippen molar-refractivity contribution < 1.29 is 14.2 Å². The van der Waals surface area contributed by atoms with E-state index in [0.717, 1.165) is 98.1 Å². The molecule has 0 aliphatic heterocycles. The van der Waals surface area contributed by atoms with Gasteiger partial charge in [0.05, 0.1) is 31.4 Å². The van der Waals surface area contributed by atoms with Gasteiger partial charge in [-0.3, -0.25) is 0 Å². The van der Waals surface area contributed by atoms with Crippen molar-refractivity contribution in [1.29, 1.82) is 0 Å². The van der Waals surface area contributed by atoms with E-state index < -0.39 is 0 Å². The van der Waals surface area contributed by atoms with Gasteiger partial charge in [-0.1, -0.05) is 39.3 Å². The topological polar surface area (TPSA) is 48.8 Å². The van der Waals surface area contributed by atoms with E-state index in [1.54, 1.807) is 7.11 Å². The Hall–Kier alpha value is -3.51. The van der Waals surface area contributed by atoms with Crippen molar-refractivity contribution >= 4 is 11.0 Å². The van der Waals surface area contributed by atoms with Gasteiger partial charge in [-0.25, -0.2) is 4.98 Å². The van der Waals surface area contributed by atoms with E-state index in [9.17, 15) is 0 Å². The zero-order valence-electron chi connectivity index (χ0n) is 24.0. The van der Waals surface area contributed by atoms with E-state index in [2.05, 4.69) is 66.6 Å². The quantitative estimate of drug-likeness (QED) is 0.143. The number of aryl methyl sites for hydroxylation is 1. The number of aromatic nitrogens is 2. The summed E-state index contributed by atoms with van der Waals surface area (Å²) >= 11 is 0. The summed E-state index contributed by atoms with van der Waals surface area (Å²) in [5, 5.41) is 0. The van der Waals surface area contributed by atoms with Crippen LogP contribution in [0.4, 0.5) is 0 Å². The summed E-state index contributed by atoms with van der Waals surface area (Å²) < 4.78 is 19.7. The number of imidazole rings is 1. The Kier molecular flexibility index (Phi) is 10.7. The van der Waals surface area contributed by atoms with E-state index in [1.165, 1.54) is 5.56 Å². The Morgan fingerprint density at radius 2 is 1.46 bits per heavy atom. The highest BCUT2D eigenvalue weighted by atomic mass is 16.5. The van der Waals surface area contributed by atoms with Gasteiger partial charge in [0.25, 0.3) is 0 Å². The lowest BCUT2D eigenvalue weighted by Crippen LogP contribution is -2.25. The normalized spacial score (nSPS) is 11.3. The summed E-state index contributed by atoms with van der Waals surface area (Å²) in [7, 11) is 1.68. The third-order valence-electron chi connectivity index (χ3n) is 7.17. The van der Waals surface area contributed by atoms with Crippen LogP contribution in [-0.2, 0) is 13.0 Å². The first kappa shape index (κ1) is 28.5. The van der Waals surface area contributed by atoms with Gasteiger partial charge in [0.15, 0.2) is 0 Å². The first-order chi connectivity index (χ1) is 19.1. The van der Waals surface area contributed by atoms with Gasteiger partial charge in [-0.05, 0) is 80.0 Å². The van der Waals surface area contributed by atoms with E-state index in [1.807, 2.05) is 30.3 Å². The van der Waals surface area contributed by atoms with E-state index >= 15 is 0 Å². The maximum atomic E-state index is 6.13. The molecule has 0 radical (unpaired) electrons. The third kappa shape index (κ3) is 7.76. The van der Waals surface area contributed by atoms with Gasteiger partial charge in [-0.15, -0.1) is 0 Å². The second kappa shape index (κ2) is 14.6. The SMILES string of the molecule is CCCCn1c(-c2ccc(OCCc3ccc(OC)cc3)cc2)nc2ccc(OCCCN(CC)CC)cc21. The van der Waals surface area contributed by atoms with Crippen LogP contribution in [0.1, 0.15) is 45.6 Å². The molecule has 0 spiro atoms. The molecular formula is C33H43N3O3. The molecule has 208 valence electrons. The molecule has 4 rings (SSSR count). The van der Waals surface area contributed by atoms with Crippen LogP contribution in [-0.4, -0.2) is 54.4 Å². The zero-order valence-corrected chi connectivity index (χ0v) is 24.0. The van der Waals surface area contributed by atoms with Crippen molar-refractivity contribution in [1.82, 2.24) is 14.5 Å². The molecular weight excluding hydrogens is 486 g/mol. The number of rotatable bonds is 16. The van der Waals surface area contributed by atoms with Gasteiger partial charge in [0.2, 0.25) is 0 Å². The molecule has 0 saturated heterocycles. The molecule has 0 atom stereocenters. The highest BCUT2D eigenvalue weighted by Gasteiger charge is 2.14. The van der Waals surface area contributed by atoms with Gasteiger partial charge in [0, 0.05) is 31.1 Å². The van der Waals surface area contributed by atoms with Crippen LogP contribution < -0.4 is 14.2 Å². The fourth-order valence-corrected chi connectivity index (χ4v) is 4.75. The molecule has 1 aromatic heterocycles. The molecule has 0 bridgehead atoms. The fourth-order valence-electron chi connectivity index (χ4n) is 4.75. The minimum absolute atomic E-state index is 0.623. The van der Waals surface area contributed by atoms with Crippen molar-refractivity contribution in [3.05, 3.63) is 72.3 Å². The molecule has 0 aliphatic carbocycles. The molecule has 0 saturated carbocycles. The summed E-state index contributed by atoms with van der Waals surface area (Å²) in [6, 6.07) is 22.7. The maximum Gasteiger partial charge on any atom is 0.141 e. The zero-order chi connectivity index (χ0) is 27.5. The van der Waals surface area contributed by atoms with Crippen LogP contribution >= 0.6 is 0 Å². The first-order valence-corrected chi connectivity index (χ1v) is 14.4. The number of ether oxygens (including phenoxy) is 3. The predicted molar refractivity (Wildman–Crippen MR) is 160 cm³/mol. The van der Waals surface area contributed by atoms with E-state index in [0.29, 0.717) is 6.61 Å². The molecule has 0 amide bonds. The Morgan fingerprint density at radius 1 is 0.769 bits per heavy atom. The number of fused-ring (bicyclic) bond motifs is 1. The summed E-state index contributed by atoms with van der Waals surface area (Å²) in [6.07, 6.45) is 4.09. The van der Waals surface area contributed by atoms with Crippen LogP contribution in [0.25, 0.3) is 22.4 Å². The minimum atomic E-state index is 0.623. The minimum Gasteiger partial charge on any atom is -0.497 e. The monoisotopic (exact) mass is 529 g/mol. The summed E-state index contributed by atoms with van der Waals surface area (Å²) in [5.41, 5.74) is 4.44. The number of hydrogen-bond acceptors (Lipinski definition) is 5. The standard InChI is InChI=1S/C33H43N3O3/c1-5-8-22-36-32-25-30(38-23-9-21-35(6-2)7-3)18-19-31(32)34-33(36)27-12-16-29(17-13-27)39-24-20-26-10-14-28(37-4)15-11-26/h10-19,25H,5-9,20-24H2,1-4H3. The van der Waals surface area contributed by atoms with Crippen LogP contribution in [0.3, 0.4) is 0 Å². The molecule has 6 nitrogen and oxygen atoms in total. The summed E-state index contributed by atoms with van der Waals surface area (Å²) in [5.74, 6) is 3.63. The van der Waals surface area contributed by atoms with Crippen LogP contribution in [0.5, 0.6) is 17.2 Å². The van der Waals surface area contributed by atoms with Crippen molar-refractivity contribution in [2.75, 3.05) is 40.0 Å². The molecule has 3 aromatic carbocycles. The van der Waals surface area contributed by atoms with Gasteiger partial charge >= 0.3 is 0 Å². The maximum absolute atomic E-state index is 6.13. The predicted octanol–water partition coefficient (Wildman–Crippen LogP) is 7.24. The average Bonchev–Trinajstić information content (AvgIpc) is 3.34. The van der Waals surface area contributed by atoms with Crippen molar-refractivity contribution in [2.45, 2.75) is 53.0 Å². The Bertz CT molecular complexity index is 1280. The van der Waals surface area contributed by atoms with Crippen LogP contribution in [0, 0.1) is 0 Å². The van der Waals surface area contributed by atoms with Crippen LogP contribution in [0.15, 0.2) is 66.7 Å². The average molecular weight is 530 g/mol. The Morgan fingerprint density at radius 3 is 2.15 bits per heavy atom. The molecule has 6 heteroatoms. The number of methoxy groups -OCH3 is 1. The van der Waals surface area contributed by atoms with Crippen molar-refractivity contribution in [3.63, 3.8) is 0 Å². The first-order valence-electron chi connectivity index (χ1n) is 14.4. The number of nitrogens with zero attached hydrogens (tertiary/aromatic N) is 3. The third-order valence-corrected chi connectivity index (χ3v) is 7.17. The Labute approximate surface area is 233 Å². The van der Waals surface area contributed by atoms with Gasteiger partial charge in [0.1, 0.15) is 23.1 Å².